The first-order valence-electron chi connectivity index (χ1n) is 8.64. The van der Waals surface area contributed by atoms with Crippen molar-refractivity contribution in [1.29, 1.82) is 0 Å². The molecule has 2 rings (SSSR count). The van der Waals surface area contributed by atoms with Gasteiger partial charge >= 0.3 is 6.03 Å². The summed E-state index contributed by atoms with van der Waals surface area (Å²) in [4.78, 5) is 26.5. The van der Waals surface area contributed by atoms with Gasteiger partial charge in [-0.1, -0.05) is 30.3 Å². The van der Waals surface area contributed by atoms with Crippen molar-refractivity contribution in [2.45, 2.75) is 19.9 Å². The van der Waals surface area contributed by atoms with Crippen LogP contribution in [0.25, 0.3) is 0 Å². The van der Waals surface area contributed by atoms with Crippen molar-refractivity contribution >= 4 is 23.3 Å². The van der Waals surface area contributed by atoms with Gasteiger partial charge in [-0.3, -0.25) is 4.79 Å². The topological polar surface area (TPSA) is 73.5 Å². The predicted molar refractivity (Wildman–Crippen MR) is 106 cm³/mol. The Hall–Kier alpha value is -3.02. The third-order valence-electron chi connectivity index (χ3n) is 3.97. The average Bonchev–Trinajstić information content (AvgIpc) is 2.62. The average molecular weight is 354 g/mol. The van der Waals surface area contributed by atoms with Crippen LogP contribution >= 0.6 is 0 Å². The lowest BCUT2D eigenvalue weighted by molar-refractivity contribution is 0.0940. The second kappa shape index (κ2) is 8.89. The minimum atomic E-state index is -0.297. The lowest BCUT2D eigenvalue weighted by Gasteiger charge is -2.20. The summed E-state index contributed by atoms with van der Waals surface area (Å²) in [7, 11) is 3.76. The van der Waals surface area contributed by atoms with Gasteiger partial charge in [0.25, 0.3) is 5.91 Å². The van der Waals surface area contributed by atoms with E-state index in [1.165, 1.54) is 0 Å². The third-order valence-corrected chi connectivity index (χ3v) is 3.97. The molecule has 0 radical (unpaired) electrons. The number of benzene rings is 2. The monoisotopic (exact) mass is 354 g/mol. The highest BCUT2D eigenvalue weighted by Gasteiger charge is 2.17. The summed E-state index contributed by atoms with van der Waals surface area (Å²) in [5.41, 5.74) is 2.89. The molecule has 0 aliphatic rings. The van der Waals surface area contributed by atoms with E-state index in [9.17, 15) is 9.59 Å². The number of carbonyl (C=O) groups excluding carboxylic acids is 2. The predicted octanol–water partition coefficient (Wildman–Crippen LogP) is 3.39. The summed E-state index contributed by atoms with van der Waals surface area (Å²) in [5.74, 6) is -0.190. The molecule has 0 bridgehead atoms. The van der Waals surface area contributed by atoms with Gasteiger partial charge in [0.1, 0.15) is 0 Å². The molecule has 0 unspecified atom stereocenters. The van der Waals surface area contributed by atoms with E-state index in [4.69, 9.17) is 0 Å². The zero-order valence-electron chi connectivity index (χ0n) is 15.7. The number of hydrogen-bond donors (Lipinski definition) is 3. The first-order valence-corrected chi connectivity index (χ1v) is 8.64. The van der Waals surface area contributed by atoms with Crippen molar-refractivity contribution in [3.63, 3.8) is 0 Å². The molecule has 0 saturated heterocycles. The Labute approximate surface area is 154 Å². The Morgan fingerprint density at radius 2 is 1.77 bits per heavy atom. The van der Waals surface area contributed by atoms with Gasteiger partial charge < -0.3 is 20.9 Å². The lowest BCUT2D eigenvalue weighted by Crippen LogP contribution is -2.30. The highest BCUT2D eigenvalue weighted by Crippen LogP contribution is 2.24. The highest BCUT2D eigenvalue weighted by molar-refractivity contribution is 6.02. The fourth-order valence-corrected chi connectivity index (χ4v) is 2.62. The molecule has 6 nitrogen and oxygen atoms in total. The maximum atomic E-state index is 12.9. The molecule has 0 saturated carbocycles. The zero-order valence-corrected chi connectivity index (χ0v) is 15.7. The Morgan fingerprint density at radius 3 is 2.38 bits per heavy atom. The molecule has 2 aromatic carbocycles. The van der Waals surface area contributed by atoms with Crippen LogP contribution in [0.1, 0.15) is 35.8 Å². The summed E-state index contributed by atoms with van der Waals surface area (Å²) in [6, 6.07) is 14.7. The SMILES string of the molecule is CCNC(=O)Nc1ccc(N(C)C)c(C(=O)N[C@H](C)c2ccccc2)c1. The Morgan fingerprint density at radius 1 is 1.08 bits per heavy atom. The molecule has 3 N–H and O–H groups in total. The number of anilines is 2. The second-order valence-electron chi connectivity index (χ2n) is 6.22. The molecular weight excluding hydrogens is 328 g/mol. The largest absolute Gasteiger partial charge is 0.377 e. The number of urea groups is 1. The molecule has 3 amide bonds. The van der Waals surface area contributed by atoms with Crippen LogP contribution in [0.5, 0.6) is 0 Å². The van der Waals surface area contributed by atoms with E-state index >= 15 is 0 Å². The molecule has 0 aliphatic heterocycles. The molecule has 0 heterocycles. The molecule has 1 atom stereocenters. The van der Waals surface area contributed by atoms with Crippen LogP contribution in [0.4, 0.5) is 16.2 Å². The van der Waals surface area contributed by atoms with Crippen molar-refractivity contribution in [2.24, 2.45) is 0 Å². The fourth-order valence-electron chi connectivity index (χ4n) is 2.62. The van der Waals surface area contributed by atoms with Crippen LogP contribution in [0.2, 0.25) is 0 Å². The second-order valence-corrected chi connectivity index (χ2v) is 6.22. The molecule has 0 fully saturated rings. The van der Waals surface area contributed by atoms with Gasteiger partial charge in [-0.2, -0.15) is 0 Å². The van der Waals surface area contributed by atoms with Crippen molar-refractivity contribution in [3.8, 4) is 0 Å². The molecule has 6 heteroatoms. The van der Waals surface area contributed by atoms with Gasteiger partial charge in [-0.15, -0.1) is 0 Å². The van der Waals surface area contributed by atoms with Crippen molar-refractivity contribution in [2.75, 3.05) is 30.9 Å². The summed E-state index contributed by atoms with van der Waals surface area (Å²) in [5, 5.41) is 8.43. The van der Waals surface area contributed by atoms with Crippen molar-refractivity contribution in [1.82, 2.24) is 10.6 Å². The van der Waals surface area contributed by atoms with E-state index in [1.807, 2.05) is 69.2 Å². The Kier molecular flexibility index (Phi) is 6.60. The van der Waals surface area contributed by atoms with Gasteiger partial charge in [0.2, 0.25) is 0 Å². The molecule has 2 aromatic rings. The van der Waals surface area contributed by atoms with Gasteiger partial charge in [0.05, 0.1) is 11.6 Å². The van der Waals surface area contributed by atoms with Crippen LogP contribution in [0.15, 0.2) is 48.5 Å². The quantitative estimate of drug-likeness (QED) is 0.744. The van der Waals surface area contributed by atoms with Gasteiger partial charge in [-0.25, -0.2) is 4.79 Å². The maximum Gasteiger partial charge on any atom is 0.319 e. The molecule has 0 aliphatic carbocycles. The maximum absolute atomic E-state index is 12.9. The fraction of sp³-hybridized carbons (Fsp3) is 0.300. The first-order chi connectivity index (χ1) is 12.4. The van der Waals surface area contributed by atoms with Crippen LogP contribution in [-0.4, -0.2) is 32.6 Å². The van der Waals surface area contributed by atoms with Crippen LogP contribution in [0, 0.1) is 0 Å². The van der Waals surface area contributed by atoms with E-state index in [1.54, 1.807) is 12.1 Å². The van der Waals surface area contributed by atoms with E-state index in [0.29, 0.717) is 17.8 Å². The van der Waals surface area contributed by atoms with Gasteiger partial charge in [-0.05, 0) is 37.6 Å². The first kappa shape index (κ1) is 19.3. The zero-order chi connectivity index (χ0) is 19.1. The molecule has 0 aromatic heterocycles. The molecular formula is C20H26N4O2. The van der Waals surface area contributed by atoms with Crippen LogP contribution in [-0.2, 0) is 0 Å². The highest BCUT2D eigenvalue weighted by atomic mass is 16.2. The molecule has 138 valence electrons. The minimum absolute atomic E-state index is 0.126. The number of nitrogens with zero attached hydrogens (tertiary/aromatic N) is 1. The molecule has 0 spiro atoms. The van der Waals surface area contributed by atoms with E-state index < -0.39 is 0 Å². The van der Waals surface area contributed by atoms with Gasteiger partial charge in [0.15, 0.2) is 0 Å². The number of nitrogens with one attached hydrogen (secondary N) is 3. The van der Waals surface area contributed by atoms with E-state index in [2.05, 4.69) is 16.0 Å². The summed E-state index contributed by atoms with van der Waals surface area (Å²) < 4.78 is 0. The normalized spacial score (nSPS) is 11.4. The van der Waals surface area contributed by atoms with E-state index in [0.717, 1.165) is 11.3 Å². The molecule has 26 heavy (non-hydrogen) atoms. The van der Waals surface area contributed by atoms with Gasteiger partial charge in [0, 0.05) is 32.0 Å². The number of carbonyl (C=O) groups is 2. The summed E-state index contributed by atoms with van der Waals surface area (Å²) in [6.45, 7) is 4.32. The van der Waals surface area contributed by atoms with Crippen LogP contribution < -0.4 is 20.9 Å². The number of amides is 3. The minimum Gasteiger partial charge on any atom is -0.377 e. The summed E-state index contributed by atoms with van der Waals surface area (Å²) >= 11 is 0. The third kappa shape index (κ3) is 4.99. The van der Waals surface area contributed by atoms with Crippen LogP contribution in [0.3, 0.4) is 0 Å². The van der Waals surface area contributed by atoms with E-state index in [-0.39, 0.29) is 18.0 Å². The number of rotatable bonds is 6. The summed E-state index contributed by atoms with van der Waals surface area (Å²) in [6.07, 6.45) is 0. The number of hydrogen-bond acceptors (Lipinski definition) is 3. The Bertz CT molecular complexity index is 760. The lowest BCUT2D eigenvalue weighted by atomic mass is 10.1. The standard InChI is InChI=1S/C20H26N4O2/c1-5-21-20(26)23-16-11-12-18(24(3)4)17(13-16)19(25)22-14(2)15-9-7-6-8-10-15/h6-14H,5H2,1-4H3,(H,22,25)(H2,21,23,26)/t14-/m1/s1. The smallest absolute Gasteiger partial charge is 0.319 e. The Balaban J connectivity index is 2.23. The van der Waals surface area contributed by atoms with Crippen molar-refractivity contribution in [3.05, 3.63) is 59.7 Å². The van der Waals surface area contributed by atoms with Crippen molar-refractivity contribution < 1.29 is 9.59 Å².